The number of carbonyl (C=O) groups is 3. The minimum absolute atomic E-state index is 0.248. The molecule has 0 aromatic heterocycles. The van der Waals surface area contributed by atoms with Gasteiger partial charge in [0.25, 0.3) is 0 Å². The van der Waals surface area contributed by atoms with Crippen LogP contribution < -0.4 is 10.6 Å². The van der Waals surface area contributed by atoms with Crippen LogP contribution in [0.15, 0.2) is 78.9 Å². The van der Waals surface area contributed by atoms with E-state index < -0.39 is 23.8 Å². The van der Waals surface area contributed by atoms with Crippen molar-refractivity contribution < 1.29 is 19.1 Å². The van der Waals surface area contributed by atoms with Gasteiger partial charge in [-0.2, -0.15) is 0 Å². The van der Waals surface area contributed by atoms with Crippen molar-refractivity contribution in [1.29, 1.82) is 0 Å². The fraction of sp³-hybridized carbons (Fsp3) is 0.447. The highest BCUT2D eigenvalue weighted by Crippen LogP contribution is 2.29. The Morgan fingerprint density at radius 2 is 1.40 bits per heavy atom. The summed E-state index contributed by atoms with van der Waals surface area (Å²) in [7, 11) is 0. The molecule has 3 unspecified atom stereocenters. The van der Waals surface area contributed by atoms with Gasteiger partial charge in [-0.15, -0.1) is 0 Å². The molecule has 242 valence electrons. The van der Waals surface area contributed by atoms with Crippen LogP contribution in [0, 0.1) is 19.8 Å². The molecule has 0 fully saturated rings. The van der Waals surface area contributed by atoms with E-state index in [4.69, 9.17) is 4.74 Å². The normalized spacial score (nSPS) is 13.4. The largest absolute Gasteiger partial charge is 0.444 e. The lowest BCUT2D eigenvalue weighted by Gasteiger charge is -2.39. The first-order valence-corrected chi connectivity index (χ1v) is 16.0. The van der Waals surface area contributed by atoms with Crippen molar-refractivity contribution in [2.24, 2.45) is 5.92 Å². The molecule has 0 heterocycles. The lowest BCUT2D eigenvalue weighted by molar-refractivity contribution is -0.145. The molecule has 3 aromatic rings. The molecule has 0 saturated carbocycles. The topological polar surface area (TPSA) is 87.7 Å². The molecule has 7 heteroatoms. The second-order valence-corrected chi connectivity index (χ2v) is 13.4. The molecule has 3 aromatic carbocycles. The van der Waals surface area contributed by atoms with Gasteiger partial charge in [0, 0.05) is 19.0 Å². The van der Waals surface area contributed by atoms with Crippen LogP contribution in [0.4, 0.5) is 4.79 Å². The number of ether oxygens (including phenoxy) is 1. The Hall–Kier alpha value is -4.13. The SMILES string of the molecule is Cc1ccc(C(C(=O)NCc2ccccc2)N(C(=O)C(Cc2ccccc2)NC(=O)OC(C)(C)C)C(C)CCC(C)C)cc1C. The highest BCUT2D eigenvalue weighted by atomic mass is 16.6. The molecule has 0 aliphatic heterocycles. The monoisotopic (exact) mass is 613 g/mol. The van der Waals surface area contributed by atoms with Crippen LogP contribution in [0.3, 0.4) is 0 Å². The van der Waals surface area contributed by atoms with E-state index in [2.05, 4.69) is 24.5 Å². The third-order valence-electron chi connectivity index (χ3n) is 7.85. The maximum absolute atomic E-state index is 14.9. The minimum Gasteiger partial charge on any atom is -0.444 e. The van der Waals surface area contributed by atoms with E-state index in [9.17, 15) is 14.4 Å². The summed E-state index contributed by atoms with van der Waals surface area (Å²) in [5.41, 5.74) is 3.96. The third-order valence-corrected chi connectivity index (χ3v) is 7.85. The fourth-order valence-corrected chi connectivity index (χ4v) is 5.25. The van der Waals surface area contributed by atoms with E-state index >= 15 is 0 Å². The van der Waals surface area contributed by atoms with Crippen molar-refractivity contribution in [3.63, 3.8) is 0 Å². The molecule has 0 aliphatic rings. The summed E-state index contributed by atoms with van der Waals surface area (Å²) < 4.78 is 5.58. The first-order chi connectivity index (χ1) is 21.2. The van der Waals surface area contributed by atoms with Gasteiger partial charge in [0.1, 0.15) is 17.7 Å². The smallest absolute Gasteiger partial charge is 0.408 e. The van der Waals surface area contributed by atoms with E-state index in [-0.39, 0.29) is 24.3 Å². The van der Waals surface area contributed by atoms with Gasteiger partial charge in [-0.05, 0) is 88.1 Å². The van der Waals surface area contributed by atoms with Crippen LogP contribution in [-0.4, -0.2) is 40.5 Å². The lowest BCUT2D eigenvalue weighted by atomic mass is 9.94. The Balaban J connectivity index is 2.11. The Morgan fingerprint density at radius 1 is 0.800 bits per heavy atom. The highest BCUT2D eigenvalue weighted by molar-refractivity contribution is 5.92. The Labute approximate surface area is 269 Å². The van der Waals surface area contributed by atoms with Gasteiger partial charge >= 0.3 is 6.09 Å². The number of alkyl carbamates (subject to hydrolysis) is 1. The van der Waals surface area contributed by atoms with E-state index in [1.165, 1.54) is 0 Å². The number of hydrogen-bond donors (Lipinski definition) is 2. The quantitative estimate of drug-likeness (QED) is 0.210. The Morgan fingerprint density at radius 3 is 1.96 bits per heavy atom. The Kier molecular flexibility index (Phi) is 12.8. The summed E-state index contributed by atoms with van der Waals surface area (Å²) in [4.78, 5) is 43.9. The molecule has 2 N–H and O–H groups in total. The van der Waals surface area contributed by atoms with Crippen molar-refractivity contribution in [3.05, 3.63) is 107 Å². The summed E-state index contributed by atoms with van der Waals surface area (Å²) in [6.07, 6.45) is 1.14. The maximum atomic E-state index is 14.9. The standard InChI is InChI=1S/C38H51N3O4/c1-26(2)19-21-29(5)41(36(43)33(24-30-15-11-9-12-16-30)40-37(44)45-38(6,7)8)34(32-22-20-27(3)28(4)23-32)35(42)39-25-31-17-13-10-14-18-31/h9-18,20,22-23,26,29,33-34H,19,21,24-25H2,1-8H3,(H,39,42)(H,40,44). The number of benzene rings is 3. The minimum atomic E-state index is -0.959. The summed E-state index contributed by atoms with van der Waals surface area (Å²) in [6, 6.07) is 23.0. The zero-order chi connectivity index (χ0) is 33.1. The van der Waals surface area contributed by atoms with Gasteiger partial charge in [0.15, 0.2) is 0 Å². The van der Waals surface area contributed by atoms with Crippen LogP contribution in [-0.2, 0) is 27.3 Å². The molecule has 7 nitrogen and oxygen atoms in total. The molecule has 0 bridgehead atoms. The van der Waals surface area contributed by atoms with Crippen molar-refractivity contribution >= 4 is 17.9 Å². The van der Waals surface area contributed by atoms with E-state index in [0.717, 1.165) is 34.2 Å². The molecular weight excluding hydrogens is 562 g/mol. The predicted octanol–water partition coefficient (Wildman–Crippen LogP) is 7.45. The highest BCUT2D eigenvalue weighted by Gasteiger charge is 2.39. The second kappa shape index (κ2) is 16.3. The zero-order valence-corrected chi connectivity index (χ0v) is 28.2. The van der Waals surface area contributed by atoms with Crippen molar-refractivity contribution in [2.45, 2.75) is 105 Å². The number of aryl methyl sites for hydroxylation is 2. The number of rotatable bonds is 13. The van der Waals surface area contributed by atoms with E-state index in [0.29, 0.717) is 18.9 Å². The molecule has 0 saturated heterocycles. The lowest BCUT2D eigenvalue weighted by Crippen LogP contribution is -2.56. The maximum Gasteiger partial charge on any atom is 0.408 e. The molecule has 0 spiro atoms. The van der Waals surface area contributed by atoms with Crippen LogP contribution in [0.25, 0.3) is 0 Å². The first kappa shape index (κ1) is 35.4. The number of nitrogens with zero attached hydrogens (tertiary/aromatic N) is 1. The van der Waals surface area contributed by atoms with E-state index in [1.807, 2.05) is 99.6 Å². The number of amides is 3. The van der Waals surface area contributed by atoms with Crippen molar-refractivity contribution in [1.82, 2.24) is 15.5 Å². The molecular formula is C38H51N3O4. The average molecular weight is 614 g/mol. The second-order valence-electron chi connectivity index (χ2n) is 13.4. The molecule has 3 rings (SSSR count). The van der Waals surface area contributed by atoms with Crippen LogP contribution in [0.1, 0.15) is 88.2 Å². The Bertz CT molecular complexity index is 1400. The average Bonchev–Trinajstić information content (AvgIpc) is 2.98. The molecule has 0 aliphatic carbocycles. The van der Waals surface area contributed by atoms with Gasteiger partial charge in [0.2, 0.25) is 11.8 Å². The van der Waals surface area contributed by atoms with Crippen molar-refractivity contribution in [3.8, 4) is 0 Å². The molecule has 45 heavy (non-hydrogen) atoms. The van der Waals surface area contributed by atoms with Crippen LogP contribution in [0.5, 0.6) is 0 Å². The molecule has 3 amide bonds. The zero-order valence-electron chi connectivity index (χ0n) is 28.2. The number of hydrogen-bond acceptors (Lipinski definition) is 4. The summed E-state index contributed by atoms with van der Waals surface area (Å²) in [5.74, 6) is -0.196. The first-order valence-electron chi connectivity index (χ1n) is 16.0. The van der Waals surface area contributed by atoms with Gasteiger partial charge in [-0.25, -0.2) is 4.79 Å². The molecule has 0 radical (unpaired) electrons. The van der Waals surface area contributed by atoms with E-state index in [1.54, 1.807) is 25.7 Å². The van der Waals surface area contributed by atoms with Gasteiger partial charge in [0.05, 0.1) is 0 Å². The summed E-state index contributed by atoms with van der Waals surface area (Å²) in [6.45, 7) is 16.0. The van der Waals surface area contributed by atoms with Gasteiger partial charge in [-0.1, -0.05) is 92.7 Å². The molecule has 3 atom stereocenters. The fourth-order valence-electron chi connectivity index (χ4n) is 5.25. The summed E-state index contributed by atoms with van der Waals surface area (Å²) >= 11 is 0. The number of nitrogens with one attached hydrogen (secondary N) is 2. The van der Waals surface area contributed by atoms with Crippen LogP contribution >= 0.6 is 0 Å². The van der Waals surface area contributed by atoms with Gasteiger partial charge in [-0.3, -0.25) is 9.59 Å². The van der Waals surface area contributed by atoms with Gasteiger partial charge < -0.3 is 20.3 Å². The number of carbonyl (C=O) groups excluding carboxylic acids is 3. The van der Waals surface area contributed by atoms with Crippen LogP contribution in [0.2, 0.25) is 0 Å². The predicted molar refractivity (Wildman–Crippen MR) is 181 cm³/mol. The summed E-state index contributed by atoms with van der Waals surface area (Å²) in [5, 5.41) is 5.96. The third kappa shape index (κ3) is 11.1. The van der Waals surface area contributed by atoms with Crippen molar-refractivity contribution in [2.75, 3.05) is 0 Å².